The van der Waals surface area contributed by atoms with Gasteiger partial charge in [0.05, 0.1) is 0 Å². The van der Waals surface area contributed by atoms with E-state index >= 15 is 0 Å². The second-order valence-electron chi connectivity index (χ2n) is 5.00. The van der Waals surface area contributed by atoms with E-state index < -0.39 is 4.32 Å². The van der Waals surface area contributed by atoms with Crippen molar-refractivity contribution in [1.82, 2.24) is 0 Å². The van der Waals surface area contributed by atoms with E-state index in [1.807, 2.05) is 42.5 Å². The molecule has 0 heterocycles. The van der Waals surface area contributed by atoms with Crippen molar-refractivity contribution in [2.45, 2.75) is 18.2 Å². The lowest BCUT2D eigenvalue weighted by Gasteiger charge is -2.14. The van der Waals surface area contributed by atoms with Crippen LogP contribution in [0.3, 0.4) is 0 Å². The molecule has 21 heavy (non-hydrogen) atoms. The molecule has 0 saturated carbocycles. The van der Waals surface area contributed by atoms with Crippen molar-refractivity contribution < 1.29 is 9.53 Å². The summed E-state index contributed by atoms with van der Waals surface area (Å²) >= 11 is 3.27. The standard InChI is InChI=1S/C18H15BrO2/c1-18(2,19)17(20)21-16-12-10-15(11-13-16)9-8-14-6-4-3-5-7-14/h3-7,10-13H,1-2H3. The van der Waals surface area contributed by atoms with Crippen LogP contribution in [0.2, 0.25) is 0 Å². The monoisotopic (exact) mass is 342 g/mol. The second-order valence-corrected chi connectivity index (χ2v) is 6.98. The van der Waals surface area contributed by atoms with Gasteiger partial charge in [0.2, 0.25) is 0 Å². The molecule has 0 atom stereocenters. The summed E-state index contributed by atoms with van der Waals surface area (Å²) < 4.78 is 4.57. The first-order chi connectivity index (χ1) is 9.95. The number of ether oxygens (including phenoxy) is 1. The maximum absolute atomic E-state index is 11.7. The summed E-state index contributed by atoms with van der Waals surface area (Å²) in [5.74, 6) is 6.34. The van der Waals surface area contributed by atoms with Gasteiger partial charge in [-0.3, -0.25) is 4.79 Å². The Balaban J connectivity index is 2.07. The van der Waals surface area contributed by atoms with E-state index in [0.717, 1.165) is 11.1 Å². The van der Waals surface area contributed by atoms with Crippen molar-refractivity contribution in [3.8, 4) is 17.6 Å². The lowest BCUT2D eigenvalue weighted by Crippen LogP contribution is -2.29. The van der Waals surface area contributed by atoms with Gasteiger partial charge in [0.15, 0.2) is 0 Å². The van der Waals surface area contributed by atoms with E-state index in [-0.39, 0.29) is 5.97 Å². The number of hydrogen-bond acceptors (Lipinski definition) is 2. The third-order valence-electron chi connectivity index (χ3n) is 2.68. The van der Waals surface area contributed by atoms with Gasteiger partial charge in [-0.05, 0) is 50.2 Å². The number of carbonyl (C=O) groups is 1. The summed E-state index contributed by atoms with van der Waals surface area (Å²) in [5, 5.41) is 0. The Hall–Kier alpha value is -2.05. The SMILES string of the molecule is CC(C)(Br)C(=O)Oc1ccc(C#Cc2ccccc2)cc1. The van der Waals surface area contributed by atoms with Gasteiger partial charge >= 0.3 is 5.97 Å². The van der Waals surface area contributed by atoms with Crippen LogP contribution in [0.1, 0.15) is 25.0 Å². The largest absolute Gasteiger partial charge is 0.426 e. The van der Waals surface area contributed by atoms with Crippen LogP contribution in [0.4, 0.5) is 0 Å². The van der Waals surface area contributed by atoms with Crippen LogP contribution in [0.15, 0.2) is 54.6 Å². The molecule has 0 saturated heterocycles. The fourth-order valence-corrected chi connectivity index (χ4v) is 1.58. The van der Waals surface area contributed by atoms with E-state index in [9.17, 15) is 4.79 Å². The zero-order valence-electron chi connectivity index (χ0n) is 11.9. The van der Waals surface area contributed by atoms with Crippen molar-refractivity contribution in [1.29, 1.82) is 0 Å². The van der Waals surface area contributed by atoms with Gasteiger partial charge in [-0.1, -0.05) is 46.0 Å². The first-order valence-electron chi connectivity index (χ1n) is 6.53. The highest BCUT2D eigenvalue weighted by Crippen LogP contribution is 2.20. The maximum atomic E-state index is 11.7. The zero-order chi connectivity index (χ0) is 15.3. The third kappa shape index (κ3) is 4.77. The van der Waals surface area contributed by atoms with Crippen LogP contribution in [0.25, 0.3) is 0 Å². The number of halogens is 1. The molecule has 0 radical (unpaired) electrons. The van der Waals surface area contributed by atoms with Crippen LogP contribution in [-0.2, 0) is 4.79 Å². The van der Waals surface area contributed by atoms with Crippen LogP contribution < -0.4 is 4.74 Å². The minimum Gasteiger partial charge on any atom is -0.426 e. The molecule has 106 valence electrons. The maximum Gasteiger partial charge on any atom is 0.327 e. The lowest BCUT2D eigenvalue weighted by molar-refractivity contribution is -0.136. The summed E-state index contributed by atoms with van der Waals surface area (Å²) in [6, 6.07) is 16.9. The quantitative estimate of drug-likeness (QED) is 0.354. The van der Waals surface area contributed by atoms with Gasteiger partial charge in [0, 0.05) is 11.1 Å². The van der Waals surface area contributed by atoms with Gasteiger partial charge in [-0.15, -0.1) is 0 Å². The predicted molar refractivity (Wildman–Crippen MR) is 87.5 cm³/mol. The number of alkyl halides is 1. The van der Waals surface area contributed by atoms with Gasteiger partial charge < -0.3 is 4.74 Å². The molecule has 0 amide bonds. The van der Waals surface area contributed by atoms with Crippen LogP contribution in [-0.4, -0.2) is 10.3 Å². The summed E-state index contributed by atoms with van der Waals surface area (Å²) in [4.78, 5) is 11.7. The Labute approximate surface area is 133 Å². The van der Waals surface area contributed by atoms with E-state index in [1.54, 1.807) is 26.0 Å². The second kappa shape index (κ2) is 6.60. The molecule has 0 aliphatic carbocycles. The summed E-state index contributed by atoms with van der Waals surface area (Å²) in [6.45, 7) is 3.49. The van der Waals surface area contributed by atoms with Crippen molar-refractivity contribution in [2.75, 3.05) is 0 Å². The molecule has 0 aliphatic rings. The average molecular weight is 343 g/mol. The number of esters is 1. The van der Waals surface area contributed by atoms with Crippen molar-refractivity contribution in [3.05, 3.63) is 65.7 Å². The summed E-state index contributed by atoms with van der Waals surface area (Å²) in [6.07, 6.45) is 0. The molecule has 2 rings (SSSR count). The van der Waals surface area contributed by atoms with Gasteiger partial charge in [0.1, 0.15) is 10.1 Å². The number of hydrogen-bond donors (Lipinski definition) is 0. The Morgan fingerprint density at radius 2 is 1.48 bits per heavy atom. The third-order valence-corrected chi connectivity index (χ3v) is 3.00. The molecule has 0 aromatic heterocycles. The van der Waals surface area contributed by atoms with Crippen molar-refractivity contribution in [3.63, 3.8) is 0 Å². The van der Waals surface area contributed by atoms with Crippen LogP contribution in [0.5, 0.6) is 5.75 Å². The Morgan fingerprint density at radius 1 is 0.952 bits per heavy atom. The molecule has 0 bridgehead atoms. The fourth-order valence-electron chi connectivity index (χ4n) is 1.50. The normalized spacial score (nSPS) is 10.4. The smallest absolute Gasteiger partial charge is 0.327 e. The van der Waals surface area contributed by atoms with Gasteiger partial charge in [0.25, 0.3) is 0 Å². The highest BCUT2D eigenvalue weighted by molar-refractivity contribution is 9.10. The molecule has 0 N–H and O–H groups in total. The van der Waals surface area contributed by atoms with E-state index in [2.05, 4.69) is 27.8 Å². The van der Waals surface area contributed by atoms with Gasteiger partial charge in [-0.2, -0.15) is 0 Å². The minimum absolute atomic E-state index is 0.328. The topological polar surface area (TPSA) is 26.3 Å². The lowest BCUT2D eigenvalue weighted by atomic mass is 10.2. The van der Waals surface area contributed by atoms with Crippen LogP contribution in [0, 0.1) is 11.8 Å². The Bertz CT molecular complexity index is 671. The van der Waals surface area contributed by atoms with Gasteiger partial charge in [-0.25, -0.2) is 0 Å². The fraction of sp³-hybridized carbons (Fsp3) is 0.167. The predicted octanol–water partition coefficient (Wildman–Crippen LogP) is 4.17. The molecular weight excluding hydrogens is 328 g/mol. The number of benzene rings is 2. The minimum atomic E-state index is -0.696. The van der Waals surface area contributed by atoms with Crippen molar-refractivity contribution in [2.24, 2.45) is 0 Å². The first-order valence-corrected chi connectivity index (χ1v) is 7.33. The first kappa shape index (κ1) is 15.3. The molecule has 2 aromatic carbocycles. The van der Waals surface area contributed by atoms with Crippen LogP contribution >= 0.6 is 15.9 Å². The van der Waals surface area contributed by atoms with E-state index in [1.165, 1.54) is 0 Å². The summed E-state index contributed by atoms with van der Waals surface area (Å²) in [7, 11) is 0. The molecular formula is C18H15BrO2. The van der Waals surface area contributed by atoms with E-state index in [4.69, 9.17) is 4.74 Å². The van der Waals surface area contributed by atoms with E-state index in [0.29, 0.717) is 5.75 Å². The molecule has 0 aliphatic heterocycles. The molecule has 0 fully saturated rings. The molecule has 0 unspecified atom stereocenters. The summed E-state index contributed by atoms with van der Waals surface area (Å²) in [5.41, 5.74) is 1.84. The molecule has 2 aromatic rings. The highest BCUT2D eigenvalue weighted by atomic mass is 79.9. The molecule has 0 spiro atoms. The molecule has 3 heteroatoms. The highest BCUT2D eigenvalue weighted by Gasteiger charge is 2.25. The Morgan fingerprint density at radius 3 is 2.00 bits per heavy atom. The van der Waals surface area contributed by atoms with Crippen molar-refractivity contribution >= 4 is 21.9 Å². The zero-order valence-corrected chi connectivity index (χ0v) is 13.5. The average Bonchev–Trinajstić information content (AvgIpc) is 2.46. The number of carbonyl (C=O) groups excluding carboxylic acids is 1. The Kier molecular flexibility index (Phi) is 4.82. The number of rotatable bonds is 2. The molecule has 2 nitrogen and oxygen atoms in total.